The Hall–Kier alpha value is -2.19. The van der Waals surface area contributed by atoms with Gasteiger partial charge < -0.3 is 16.2 Å². The summed E-state index contributed by atoms with van der Waals surface area (Å²) in [6.45, 7) is 8.67. The number of nitrogens with two attached hydrogens (primary N) is 2. The van der Waals surface area contributed by atoms with Crippen LogP contribution in [0.5, 0.6) is 0 Å². The van der Waals surface area contributed by atoms with Crippen LogP contribution in [0, 0.1) is 28.6 Å². The van der Waals surface area contributed by atoms with Crippen LogP contribution < -0.4 is 22.3 Å². The summed E-state index contributed by atoms with van der Waals surface area (Å²) in [5.74, 6) is 4.76. The van der Waals surface area contributed by atoms with E-state index in [4.69, 9.17) is 11.6 Å². The van der Waals surface area contributed by atoms with Gasteiger partial charge in [-0.2, -0.15) is 0 Å². The van der Waals surface area contributed by atoms with Gasteiger partial charge >= 0.3 is 5.97 Å². The maximum Gasteiger partial charge on any atom is 0.309 e. The minimum atomic E-state index is -0.588. The molecule has 3 rings (SSSR count). The van der Waals surface area contributed by atoms with Crippen molar-refractivity contribution >= 4 is 17.8 Å². The van der Waals surface area contributed by atoms with Crippen LogP contribution in [0.4, 0.5) is 0 Å². The minimum absolute atomic E-state index is 0.127. The highest BCUT2D eigenvalue weighted by Crippen LogP contribution is 2.62. The molecule has 3 aliphatic rings. The van der Waals surface area contributed by atoms with Gasteiger partial charge in [0.05, 0.1) is 18.5 Å². The Morgan fingerprint density at radius 2 is 1.91 bits per heavy atom. The Morgan fingerprint density at radius 3 is 2.47 bits per heavy atom. The number of amides is 2. The van der Waals surface area contributed by atoms with Crippen molar-refractivity contribution < 1.29 is 19.5 Å². The molecule has 7 N–H and O–H groups in total. The average Bonchev–Trinajstić information content (AvgIpc) is 2.76. The maximum atomic E-state index is 11.9. The monoisotopic (exact) mass is 448 g/mol. The Balaban J connectivity index is 0.000000309. The van der Waals surface area contributed by atoms with E-state index in [1.54, 1.807) is 5.57 Å². The molecule has 0 aromatic rings. The Morgan fingerprint density at radius 1 is 1.22 bits per heavy atom. The molecule has 1 fully saturated rings. The number of hydrazine groups is 1. The second kappa shape index (κ2) is 10.6. The van der Waals surface area contributed by atoms with Gasteiger partial charge in [0.2, 0.25) is 5.91 Å². The zero-order chi connectivity index (χ0) is 24.1. The summed E-state index contributed by atoms with van der Waals surface area (Å²) in [6.07, 6.45) is 11.2. The fourth-order valence-corrected chi connectivity index (χ4v) is 5.90. The normalized spacial score (nSPS) is 31.1. The molecule has 3 aliphatic carbocycles. The van der Waals surface area contributed by atoms with Crippen molar-refractivity contribution in [3.05, 3.63) is 23.3 Å². The third-order valence-corrected chi connectivity index (χ3v) is 7.86. The number of carbonyl (C=O) groups excluding carboxylic acids is 2. The molecule has 0 aliphatic heterocycles. The number of nitrogens with one attached hydrogen (secondary N) is 2. The van der Waals surface area contributed by atoms with E-state index < -0.39 is 17.3 Å². The van der Waals surface area contributed by atoms with E-state index in [9.17, 15) is 19.5 Å². The average molecular weight is 449 g/mol. The van der Waals surface area contributed by atoms with Crippen molar-refractivity contribution in [2.24, 2.45) is 40.2 Å². The molecule has 2 amide bonds. The maximum absolute atomic E-state index is 11.9. The lowest BCUT2D eigenvalue weighted by molar-refractivity contribution is -0.162. The molecule has 180 valence electrons. The Labute approximate surface area is 191 Å². The highest BCUT2D eigenvalue weighted by atomic mass is 16.4. The molecular weight excluding hydrogens is 408 g/mol. The third kappa shape index (κ3) is 5.41. The quantitative estimate of drug-likeness (QED) is 0.247. The fraction of sp³-hybridized carbons (Fsp3) is 0.708. The van der Waals surface area contributed by atoms with Gasteiger partial charge in [-0.25, -0.2) is 5.84 Å². The van der Waals surface area contributed by atoms with Crippen LogP contribution in [-0.4, -0.2) is 36.0 Å². The van der Waals surface area contributed by atoms with Crippen LogP contribution in [0.1, 0.15) is 66.2 Å². The summed E-state index contributed by atoms with van der Waals surface area (Å²) in [7, 11) is 0. The first-order valence-electron chi connectivity index (χ1n) is 11.6. The molecule has 32 heavy (non-hydrogen) atoms. The number of carbonyl (C=O) groups is 3. The lowest BCUT2D eigenvalue weighted by Crippen LogP contribution is -2.53. The first kappa shape index (κ1) is 26.1. The fourth-order valence-electron chi connectivity index (χ4n) is 5.90. The molecule has 8 nitrogen and oxygen atoms in total. The lowest BCUT2D eigenvalue weighted by Gasteiger charge is -2.57. The number of hydrogen-bond acceptors (Lipinski definition) is 5. The largest absolute Gasteiger partial charge is 0.481 e. The van der Waals surface area contributed by atoms with Gasteiger partial charge in [0, 0.05) is 0 Å². The number of carboxylic acids is 1. The SMILES string of the molecule is CC(C)C1=CC2=CCC3[C@](C)(C(=O)O)CCC[C@]3(C)[C@H]2CC1.NCC(=O)NCC(=O)NN. The Kier molecular flexibility index (Phi) is 8.65. The van der Waals surface area contributed by atoms with Gasteiger partial charge in [-0.05, 0) is 67.8 Å². The number of carboxylic acid groups (broad SMARTS) is 1. The smallest absolute Gasteiger partial charge is 0.309 e. The molecule has 0 saturated heterocycles. The number of allylic oxidation sites excluding steroid dienone is 4. The van der Waals surface area contributed by atoms with Crippen molar-refractivity contribution in [1.29, 1.82) is 0 Å². The first-order chi connectivity index (χ1) is 15.0. The number of fused-ring (bicyclic) bond motifs is 3. The van der Waals surface area contributed by atoms with Gasteiger partial charge in [0.25, 0.3) is 5.91 Å². The molecule has 8 heteroatoms. The second-order valence-corrected chi connectivity index (χ2v) is 10.1. The van der Waals surface area contributed by atoms with Crippen LogP contribution >= 0.6 is 0 Å². The van der Waals surface area contributed by atoms with E-state index in [-0.39, 0.29) is 30.3 Å². The van der Waals surface area contributed by atoms with E-state index in [1.807, 2.05) is 12.3 Å². The van der Waals surface area contributed by atoms with E-state index in [0.717, 1.165) is 19.3 Å². The van der Waals surface area contributed by atoms with Gasteiger partial charge in [-0.15, -0.1) is 0 Å². The summed E-state index contributed by atoms with van der Waals surface area (Å²) in [4.78, 5) is 32.7. The lowest BCUT2D eigenvalue weighted by atomic mass is 9.47. The number of rotatable bonds is 5. The van der Waals surface area contributed by atoms with Crippen LogP contribution in [0.15, 0.2) is 23.3 Å². The summed E-state index contributed by atoms with van der Waals surface area (Å²) in [6, 6.07) is 0. The van der Waals surface area contributed by atoms with Crippen molar-refractivity contribution in [2.45, 2.75) is 66.2 Å². The minimum Gasteiger partial charge on any atom is -0.481 e. The van der Waals surface area contributed by atoms with Gasteiger partial charge in [0.1, 0.15) is 0 Å². The van der Waals surface area contributed by atoms with E-state index in [2.05, 4.69) is 38.2 Å². The predicted octanol–water partition coefficient (Wildman–Crippen LogP) is 2.26. The van der Waals surface area contributed by atoms with Crippen LogP contribution in [0.3, 0.4) is 0 Å². The zero-order valence-electron chi connectivity index (χ0n) is 19.9. The van der Waals surface area contributed by atoms with E-state index >= 15 is 0 Å². The van der Waals surface area contributed by atoms with Crippen molar-refractivity contribution in [3.63, 3.8) is 0 Å². The van der Waals surface area contributed by atoms with Crippen molar-refractivity contribution in [3.8, 4) is 0 Å². The van der Waals surface area contributed by atoms with E-state index in [0.29, 0.717) is 11.8 Å². The van der Waals surface area contributed by atoms with Crippen molar-refractivity contribution in [2.75, 3.05) is 13.1 Å². The number of aliphatic carboxylic acids is 1. The molecule has 0 aromatic heterocycles. The van der Waals surface area contributed by atoms with Crippen molar-refractivity contribution in [1.82, 2.24) is 10.7 Å². The second-order valence-electron chi connectivity index (χ2n) is 10.1. The molecular formula is C24H40N4O4. The summed E-state index contributed by atoms with van der Waals surface area (Å²) < 4.78 is 0. The topological polar surface area (TPSA) is 148 Å². The standard InChI is InChI=1S/C20H30O2.C4H10N4O2/c1-13(2)14-6-8-16-15(12-14)7-9-17-19(16,3)10-5-11-20(17,4)18(21)22;5-1-3(9)7-2-4(10)8-6/h7,12-13,16-17H,5-6,8-11H2,1-4H3,(H,21,22);1-2,5-6H2,(H,7,9)(H,8,10)/t16-,17?,19+,20+;/m0./s1. The van der Waals surface area contributed by atoms with Crippen LogP contribution in [-0.2, 0) is 14.4 Å². The van der Waals surface area contributed by atoms with Crippen LogP contribution in [0.2, 0.25) is 0 Å². The molecule has 1 saturated carbocycles. The van der Waals surface area contributed by atoms with Crippen LogP contribution in [0.25, 0.3) is 0 Å². The molecule has 4 atom stereocenters. The highest BCUT2D eigenvalue weighted by molar-refractivity contribution is 5.85. The molecule has 0 bridgehead atoms. The predicted molar refractivity (Wildman–Crippen MR) is 124 cm³/mol. The highest BCUT2D eigenvalue weighted by Gasteiger charge is 2.57. The summed E-state index contributed by atoms with van der Waals surface area (Å²) in [5.41, 5.74) is 9.47. The Bertz CT molecular complexity index is 775. The molecule has 1 unspecified atom stereocenters. The molecule has 0 heterocycles. The van der Waals surface area contributed by atoms with E-state index in [1.165, 1.54) is 24.8 Å². The van der Waals surface area contributed by atoms with Gasteiger partial charge in [-0.1, -0.05) is 44.9 Å². The third-order valence-electron chi connectivity index (χ3n) is 7.86. The molecule has 0 aromatic carbocycles. The van der Waals surface area contributed by atoms with Gasteiger partial charge in [-0.3, -0.25) is 19.8 Å². The zero-order valence-corrected chi connectivity index (χ0v) is 19.9. The number of hydrogen-bond donors (Lipinski definition) is 5. The summed E-state index contributed by atoms with van der Waals surface area (Å²) >= 11 is 0. The van der Waals surface area contributed by atoms with Gasteiger partial charge in [0.15, 0.2) is 0 Å². The molecule has 0 spiro atoms. The first-order valence-corrected chi connectivity index (χ1v) is 11.6. The summed E-state index contributed by atoms with van der Waals surface area (Å²) in [5, 5.41) is 12.1. The molecule has 0 radical (unpaired) electrons.